The Kier molecular flexibility index (Phi) is 7.87. The highest BCUT2D eigenvalue weighted by atomic mass is 16.5. The lowest BCUT2D eigenvalue weighted by atomic mass is 10.0. The molecule has 2 aromatic carbocycles. The fourth-order valence-corrected chi connectivity index (χ4v) is 2.82. The van der Waals surface area contributed by atoms with Crippen molar-refractivity contribution in [3.05, 3.63) is 53.1 Å². The first-order valence-electron chi connectivity index (χ1n) is 9.35. The van der Waals surface area contributed by atoms with Crippen LogP contribution in [0.2, 0.25) is 0 Å². The highest BCUT2D eigenvalue weighted by Gasteiger charge is 2.16. The van der Waals surface area contributed by atoms with Crippen molar-refractivity contribution in [2.24, 2.45) is 0 Å². The summed E-state index contributed by atoms with van der Waals surface area (Å²) in [5, 5.41) is 20.0. The van der Waals surface area contributed by atoms with E-state index in [0.717, 1.165) is 25.7 Å². The van der Waals surface area contributed by atoms with Crippen LogP contribution in [0.4, 0.5) is 0 Å². The number of aryl methyl sites for hydroxylation is 1. The SMILES string of the molecule is CCCCCCc1cc(C(=O)COc2ccc(C(=O)OC)cc2)c(O)cc1O. The summed E-state index contributed by atoms with van der Waals surface area (Å²) in [6.45, 7) is 1.85. The fraction of sp³-hybridized carbons (Fsp3) is 0.364. The molecule has 0 bridgehead atoms. The van der Waals surface area contributed by atoms with Crippen LogP contribution >= 0.6 is 0 Å². The minimum atomic E-state index is -0.455. The minimum absolute atomic E-state index is 0.00938. The van der Waals surface area contributed by atoms with Crippen LogP contribution in [-0.4, -0.2) is 35.7 Å². The molecule has 0 radical (unpaired) electrons. The van der Waals surface area contributed by atoms with Gasteiger partial charge in [-0.05, 0) is 48.7 Å². The number of ether oxygens (including phenoxy) is 2. The molecular weight excluding hydrogens is 360 g/mol. The van der Waals surface area contributed by atoms with Gasteiger partial charge >= 0.3 is 5.97 Å². The first kappa shape index (κ1) is 21.3. The molecule has 0 aliphatic carbocycles. The molecule has 0 unspecified atom stereocenters. The van der Waals surface area contributed by atoms with Crippen molar-refractivity contribution < 1.29 is 29.3 Å². The summed E-state index contributed by atoms with van der Waals surface area (Å²) < 4.78 is 10.1. The standard InChI is InChI=1S/C22H26O6/c1-3-4-5-6-7-16-12-18(20(24)13-19(16)23)21(25)14-28-17-10-8-15(9-11-17)22(26)27-2/h8-13,23-24H,3-7,14H2,1-2H3. The van der Waals surface area contributed by atoms with Gasteiger partial charge in [0.2, 0.25) is 5.78 Å². The van der Waals surface area contributed by atoms with E-state index in [4.69, 9.17) is 4.74 Å². The predicted octanol–water partition coefficient (Wildman–Crippen LogP) is 4.27. The Hall–Kier alpha value is -3.02. The molecule has 0 aliphatic rings. The maximum Gasteiger partial charge on any atom is 0.337 e. The molecule has 0 amide bonds. The molecule has 6 nitrogen and oxygen atoms in total. The quantitative estimate of drug-likeness (QED) is 0.360. The van der Waals surface area contributed by atoms with Gasteiger partial charge in [0.1, 0.15) is 17.2 Å². The normalized spacial score (nSPS) is 10.5. The van der Waals surface area contributed by atoms with Crippen molar-refractivity contribution in [2.75, 3.05) is 13.7 Å². The average Bonchev–Trinajstić information content (AvgIpc) is 2.70. The molecular formula is C22H26O6. The number of phenolic OH excluding ortho intramolecular Hbond substituents is 2. The zero-order chi connectivity index (χ0) is 20.5. The van der Waals surface area contributed by atoms with Crippen molar-refractivity contribution in [3.8, 4) is 17.2 Å². The lowest BCUT2D eigenvalue weighted by Gasteiger charge is -2.11. The molecule has 0 aliphatic heterocycles. The number of aromatic hydroxyl groups is 2. The number of carbonyl (C=O) groups excluding carboxylic acids is 2. The summed E-state index contributed by atoms with van der Waals surface area (Å²) in [4.78, 5) is 23.9. The Morgan fingerprint density at radius 2 is 1.68 bits per heavy atom. The van der Waals surface area contributed by atoms with E-state index >= 15 is 0 Å². The van der Waals surface area contributed by atoms with Gasteiger partial charge in [0.25, 0.3) is 0 Å². The summed E-state index contributed by atoms with van der Waals surface area (Å²) in [6.07, 6.45) is 4.83. The number of benzene rings is 2. The topological polar surface area (TPSA) is 93.1 Å². The Morgan fingerprint density at radius 3 is 2.32 bits per heavy atom. The van der Waals surface area contributed by atoms with Gasteiger partial charge in [-0.2, -0.15) is 0 Å². The number of Topliss-reactive ketones (excluding diaryl/α,β-unsaturated/α-hetero) is 1. The maximum atomic E-state index is 12.5. The largest absolute Gasteiger partial charge is 0.508 e. The zero-order valence-corrected chi connectivity index (χ0v) is 16.2. The van der Waals surface area contributed by atoms with Crippen LogP contribution in [-0.2, 0) is 11.2 Å². The number of methoxy groups -OCH3 is 1. The summed E-state index contributed by atoms with van der Waals surface area (Å²) >= 11 is 0. The van der Waals surface area contributed by atoms with Crippen molar-refractivity contribution in [2.45, 2.75) is 39.0 Å². The van der Waals surface area contributed by atoms with Crippen LogP contribution in [0.5, 0.6) is 17.2 Å². The van der Waals surface area contributed by atoms with Crippen LogP contribution < -0.4 is 4.74 Å². The number of ketones is 1. The first-order chi connectivity index (χ1) is 13.5. The van der Waals surface area contributed by atoms with E-state index in [1.807, 2.05) is 0 Å². The van der Waals surface area contributed by atoms with E-state index in [1.54, 1.807) is 12.1 Å². The van der Waals surface area contributed by atoms with E-state index < -0.39 is 11.8 Å². The number of unbranched alkanes of at least 4 members (excludes halogenated alkanes) is 3. The summed E-state index contributed by atoms with van der Waals surface area (Å²) in [7, 11) is 1.30. The van der Waals surface area contributed by atoms with Gasteiger partial charge < -0.3 is 19.7 Å². The van der Waals surface area contributed by atoms with E-state index in [9.17, 15) is 19.8 Å². The Bertz CT molecular complexity index is 811. The van der Waals surface area contributed by atoms with Gasteiger partial charge in [-0.25, -0.2) is 4.79 Å². The van der Waals surface area contributed by atoms with Crippen LogP contribution in [0.1, 0.15) is 58.9 Å². The summed E-state index contributed by atoms with van der Waals surface area (Å²) in [5.74, 6) is -0.721. The van der Waals surface area contributed by atoms with Crippen LogP contribution in [0.3, 0.4) is 0 Å². The second-order valence-corrected chi connectivity index (χ2v) is 6.54. The fourth-order valence-electron chi connectivity index (χ4n) is 2.82. The highest BCUT2D eigenvalue weighted by Crippen LogP contribution is 2.29. The second kappa shape index (κ2) is 10.3. The molecule has 0 atom stereocenters. The molecule has 0 saturated carbocycles. The van der Waals surface area contributed by atoms with Crippen LogP contribution in [0, 0.1) is 0 Å². The molecule has 0 saturated heterocycles. The molecule has 28 heavy (non-hydrogen) atoms. The van der Waals surface area contributed by atoms with Crippen molar-refractivity contribution in [1.29, 1.82) is 0 Å². The molecule has 2 aromatic rings. The lowest BCUT2D eigenvalue weighted by molar-refractivity contribution is 0.0600. The minimum Gasteiger partial charge on any atom is -0.508 e. The van der Waals surface area contributed by atoms with Gasteiger partial charge in [-0.1, -0.05) is 26.2 Å². The Balaban J connectivity index is 2.01. The first-order valence-corrected chi connectivity index (χ1v) is 9.35. The molecule has 0 aromatic heterocycles. The molecule has 0 fully saturated rings. The molecule has 0 spiro atoms. The molecule has 0 heterocycles. The van der Waals surface area contributed by atoms with Crippen molar-refractivity contribution >= 4 is 11.8 Å². The third kappa shape index (κ3) is 5.74. The molecule has 150 valence electrons. The smallest absolute Gasteiger partial charge is 0.337 e. The lowest BCUT2D eigenvalue weighted by Crippen LogP contribution is -2.12. The molecule has 2 N–H and O–H groups in total. The van der Waals surface area contributed by atoms with E-state index in [-0.39, 0.29) is 23.7 Å². The third-order valence-corrected chi connectivity index (χ3v) is 4.44. The zero-order valence-electron chi connectivity index (χ0n) is 16.2. The number of rotatable bonds is 10. The van der Waals surface area contributed by atoms with Crippen molar-refractivity contribution in [3.63, 3.8) is 0 Å². The summed E-state index contributed by atoms with van der Waals surface area (Å²) in [6, 6.07) is 8.94. The van der Waals surface area contributed by atoms with Crippen LogP contribution in [0.15, 0.2) is 36.4 Å². The van der Waals surface area contributed by atoms with E-state index in [2.05, 4.69) is 11.7 Å². The maximum absolute atomic E-state index is 12.5. The molecule has 2 rings (SSSR count). The monoisotopic (exact) mass is 386 g/mol. The third-order valence-electron chi connectivity index (χ3n) is 4.44. The Morgan fingerprint density at radius 1 is 0.964 bits per heavy atom. The van der Waals surface area contributed by atoms with Gasteiger partial charge in [-0.15, -0.1) is 0 Å². The van der Waals surface area contributed by atoms with E-state index in [1.165, 1.54) is 31.4 Å². The molecule has 6 heteroatoms. The Labute approximate surface area is 164 Å². The second-order valence-electron chi connectivity index (χ2n) is 6.54. The van der Waals surface area contributed by atoms with Crippen LogP contribution in [0.25, 0.3) is 0 Å². The van der Waals surface area contributed by atoms with Gasteiger partial charge in [0, 0.05) is 6.07 Å². The average molecular weight is 386 g/mol. The summed E-state index contributed by atoms with van der Waals surface area (Å²) in [5.41, 5.74) is 1.14. The van der Waals surface area contributed by atoms with Gasteiger partial charge in [0.05, 0.1) is 18.2 Å². The van der Waals surface area contributed by atoms with E-state index in [0.29, 0.717) is 23.3 Å². The number of esters is 1. The van der Waals surface area contributed by atoms with Crippen molar-refractivity contribution in [1.82, 2.24) is 0 Å². The number of hydrogen-bond acceptors (Lipinski definition) is 6. The van der Waals surface area contributed by atoms with Gasteiger partial charge in [-0.3, -0.25) is 4.79 Å². The number of carbonyl (C=O) groups is 2. The predicted molar refractivity (Wildman–Crippen MR) is 105 cm³/mol. The number of hydrogen-bond donors (Lipinski definition) is 2. The highest BCUT2D eigenvalue weighted by molar-refractivity contribution is 6.00. The number of phenols is 2. The van der Waals surface area contributed by atoms with Gasteiger partial charge in [0.15, 0.2) is 6.61 Å².